The number of hydrogen-bond donors (Lipinski definition) is 1. The Bertz CT molecular complexity index is 595. The number of ketones is 1. The number of carbonyl (C=O) groups is 1. The van der Waals surface area contributed by atoms with Crippen LogP contribution < -0.4 is 0 Å². The molecule has 4 rings (SSSR count). The summed E-state index contributed by atoms with van der Waals surface area (Å²) < 4.78 is 0. The van der Waals surface area contributed by atoms with Crippen molar-refractivity contribution in [1.29, 1.82) is 0 Å². The number of rotatable bonds is 0. The quantitative estimate of drug-likeness (QED) is 0.738. The predicted octanol–water partition coefficient (Wildman–Crippen LogP) is 3.58. The van der Waals surface area contributed by atoms with Gasteiger partial charge in [0, 0.05) is 6.42 Å². The minimum atomic E-state index is -0.580. The molecule has 1 fully saturated rings. The zero-order valence-electron chi connectivity index (χ0n) is 12.9. The van der Waals surface area contributed by atoms with E-state index in [1.54, 1.807) is 6.08 Å². The molecule has 0 aromatic heterocycles. The molecule has 0 bridgehead atoms. The summed E-state index contributed by atoms with van der Waals surface area (Å²) in [4.78, 5) is 11.7. The standard InChI is InChI=1S/C19H24O2/c1-11-3-6-16-14-5-4-12-9-13(20)10-17(21)18(12)15(14)7-8-19(11,16)2/h7-9,11,14,16-17,21H,3-6,10H2,1-2H3/t11-,14-,16+,17?,19-/m1/s1. The highest BCUT2D eigenvalue weighted by Crippen LogP contribution is 2.59. The van der Waals surface area contributed by atoms with Crippen LogP contribution in [-0.2, 0) is 4.79 Å². The maximum atomic E-state index is 11.7. The van der Waals surface area contributed by atoms with E-state index in [-0.39, 0.29) is 12.2 Å². The smallest absolute Gasteiger partial charge is 0.158 e. The lowest BCUT2D eigenvalue weighted by Gasteiger charge is -2.45. The first kappa shape index (κ1) is 13.5. The SMILES string of the molecule is C[C@@H]1CC[C@H]2[C@@H]3CCC4=CC(=O)CC(O)C4=C3C=C[C@]12C. The van der Waals surface area contributed by atoms with Crippen molar-refractivity contribution in [3.05, 3.63) is 34.9 Å². The number of carbonyl (C=O) groups excluding carboxylic acids is 1. The van der Waals surface area contributed by atoms with E-state index in [1.165, 1.54) is 18.4 Å². The minimum absolute atomic E-state index is 0.0828. The number of fused-ring (bicyclic) bond motifs is 4. The molecule has 1 unspecified atom stereocenters. The van der Waals surface area contributed by atoms with Gasteiger partial charge in [-0.05, 0) is 71.6 Å². The van der Waals surface area contributed by atoms with Crippen LogP contribution in [0.5, 0.6) is 0 Å². The fraction of sp³-hybridized carbons (Fsp3) is 0.632. The van der Waals surface area contributed by atoms with Gasteiger partial charge < -0.3 is 5.11 Å². The van der Waals surface area contributed by atoms with Gasteiger partial charge in [-0.25, -0.2) is 0 Å². The summed E-state index contributed by atoms with van der Waals surface area (Å²) in [5.74, 6) is 2.13. The number of hydrogen-bond acceptors (Lipinski definition) is 2. The largest absolute Gasteiger partial charge is 0.388 e. The Morgan fingerprint density at radius 1 is 1.29 bits per heavy atom. The van der Waals surface area contributed by atoms with E-state index in [9.17, 15) is 9.90 Å². The van der Waals surface area contributed by atoms with E-state index in [0.717, 1.165) is 29.9 Å². The van der Waals surface area contributed by atoms with Gasteiger partial charge in [0.25, 0.3) is 0 Å². The Balaban J connectivity index is 1.85. The second-order valence-electron chi connectivity index (χ2n) is 7.65. The van der Waals surface area contributed by atoms with Crippen LogP contribution in [0.2, 0.25) is 0 Å². The Hall–Kier alpha value is -1.15. The average molecular weight is 284 g/mol. The molecule has 0 radical (unpaired) electrons. The summed E-state index contributed by atoms with van der Waals surface area (Å²) in [5, 5.41) is 10.4. The van der Waals surface area contributed by atoms with Crippen molar-refractivity contribution >= 4 is 5.78 Å². The number of allylic oxidation sites excluding steroid dienone is 4. The van der Waals surface area contributed by atoms with Crippen LogP contribution in [0.25, 0.3) is 0 Å². The van der Waals surface area contributed by atoms with Gasteiger partial charge in [-0.3, -0.25) is 4.79 Å². The molecule has 21 heavy (non-hydrogen) atoms. The van der Waals surface area contributed by atoms with Crippen LogP contribution in [0.4, 0.5) is 0 Å². The van der Waals surface area contributed by atoms with Crippen molar-refractivity contribution in [1.82, 2.24) is 0 Å². The number of aliphatic hydroxyl groups excluding tert-OH is 1. The van der Waals surface area contributed by atoms with E-state index in [0.29, 0.717) is 17.3 Å². The van der Waals surface area contributed by atoms with Gasteiger partial charge in [0.1, 0.15) is 0 Å². The number of aliphatic hydroxyl groups is 1. The first-order chi connectivity index (χ1) is 10.0. The predicted molar refractivity (Wildman–Crippen MR) is 82.6 cm³/mol. The Labute approximate surface area is 126 Å². The highest BCUT2D eigenvalue weighted by atomic mass is 16.3. The fourth-order valence-electron chi connectivity index (χ4n) is 5.33. The summed E-state index contributed by atoms with van der Waals surface area (Å²) in [5.41, 5.74) is 3.85. The van der Waals surface area contributed by atoms with Gasteiger partial charge in [0.15, 0.2) is 5.78 Å². The lowest BCUT2D eigenvalue weighted by molar-refractivity contribution is -0.116. The van der Waals surface area contributed by atoms with Gasteiger partial charge in [-0.1, -0.05) is 26.0 Å². The van der Waals surface area contributed by atoms with Crippen molar-refractivity contribution in [2.24, 2.45) is 23.2 Å². The van der Waals surface area contributed by atoms with Crippen LogP contribution in [0, 0.1) is 23.2 Å². The molecule has 0 aromatic rings. The summed E-state index contributed by atoms with van der Waals surface area (Å²) in [6, 6.07) is 0. The molecule has 0 amide bonds. The van der Waals surface area contributed by atoms with E-state index in [1.807, 2.05) is 0 Å². The van der Waals surface area contributed by atoms with Gasteiger partial charge in [0.2, 0.25) is 0 Å². The third kappa shape index (κ3) is 1.78. The maximum Gasteiger partial charge on any atom is 0.158 e. The lowest BCUT2D eigenvalue weighted by Crippen LogP contribution is -2.38. The topological polar surface area (TPSA) is 37.3 Å². The van der Waals surface area contributed by atoms with Crippen molar-refractivity contribution in [3.8, 4) is 0 Å². The molecule has 0 spiro atoms. The third-order valence-electron chi connectivity index (χ3n) is 6.72. The van der Waals surface area contributed by atoms with Crippen LogP contribution >= 0.6 is 0 Å². The minimum Gasteiger partial charge on any atom is -0.388 e. The van der Waals surface area contributed by atoms with Gasteiger partial charge in [-0.2, -0.15) is 0 Å². The van der Waals surface area contributed by atoms with Gasteiger partial charge in [-0.15, -0.1) is 0 Å². The first-order valence-corrected chi connectivity index (χ1v) is 8.36. The van der Waals surface area contributed by atoms with Crippen LogP contribution in [-0.4, -0.2) is 17.0 Å². The molecule has 0 aromatic carbocycles. The van der Waals surface area contributed by atoms with Crippen molar-refractivity contribution in [2.75, 3.05) is 0 Å². The zero-order chi connectivity index (χ0) is 14.8. The highest BCUT2D eigenvalue weighted by molar-refractivity contribution is 5.94. The monoisotopic (exact) mass is 284 g/mol. The second kappa shape index (κ2) is 4.42. The molecule has 2 heteroatoms. The molecule has 0 heterocycles. The summed E-state index contributed by atoms with van der Waals surface area (Å²) in [6.07, 6.45) is 10.9. The fourth-order valence-corrected chi connectivity index (χ4v) is 5.33. The molecule has 4 aliphatic rings. The molecular formula is C19H24O2. The molecule has 112 valence electrons. The Morgan fingerprint density at radius 2 is 2.10 bits per heavy atom. The van der Waals surface area contributed by atoms with E-state index >= 15 is 0 Å². The van der Waals surface area contributed by atoms with Crippen LogP contribution in [0.15, 0.2) is 34.9 Å². The van der Waals surface area contributed by atoms with E-state index in [2.05, 4.69) is 26.0 Å². The Kier molecular flexibility index (Phi) is 2.85. The molecule has 2 nitrogen and oxygen atoms in total. The lowest BCUT2D eigenvalue weighted by atomic mass is 9.59. The van der Waals surface area contributed by atoms with Crippen molar-refractivity contribution in [2.45, 2.75) is 52.1 Å². The second-order valence-corrected chi connectivity index (χ2v) is 7.65. The molecular weight excluding hydrogens is 260 g/mol. The van der Waals surface area contributed by atoms with Gasteiger partial charge >= 0.3 is 0 Å². The van der Waals surface area contributed by atoms with Crippen molar-refractivity contribution < 1.29 is 9.90 Å². The third-order valence-corrected chi connectivity index (χ3v) is 6.72. The summed E-state index contributed by atoms with van der Waals surface area (Å²) in [7, 11) is 0. The zero-order valence-corrected chi connectivity index (χ0v) is 12.9. The summed E-state index contributed by atoms with van der Waals surface area (Å²) in [6.45, 7) is 4.80. The van der Waals surface area contributed by atoms with Crippen LogP contribution in [0.1, 0.15) is 46.0 Å². The molecule has 5 atom stereocenters. The maximum absolute atomic E-state index is 11.7. The summed E-state index contributed by atoms with van der Waals surface area (Å²) >= 11 is 0. The molecule has 1 N–H and O–H groups in total. The first-order valence-electron chi connectivity index (χ1n) is 8.36. The van der Waals surface area contributed by atoms with E-state index < -0.39 is 6.10 Å². The molecule has 1 saturated carbocycles. The average Bonchev–Trinajstić information content (AvgIpc) is 2.74. The van der Waals surface area contributed by atoms with Gasteiger partial charge in [0.05, 0.1) is 6.10 Å². The molecule has 4 aliphatic carbocycles. The molecule has 0 aliphatic heterocycles. The highest BCUT2D eigenvalue weighted by Gasteiger charge is 2.50. The normalized spacial score (nSPS) is 45.1. The molecule has 0 saturated heterocycles. The van der Waals surface area contributed by atoms with Crippen LogP contribution in [0.3, 0.4) is 0 Å². The Morgan fingerprint density at radius 3 is 2.90 bits per heavy atom. The van der Waals surface area contributed by atoms with E-state index in [4.69, 9.17) is 0 Å². The van der Waals surface area contributed by atoms with Crippen molar-refractivity contribution in [3.63, 3.8) is 0 Å².